The molecule has 0 spiro atoms. The van der Waals surface area contributed by atoms with Crippen LogP contribution in [-0.2, 0) is 0 Å². The molecule has 0 bridgehead atoms. The van der Waals surface area contributed by atoms with E-state index < -0.39 is 17.3 Å². The summed E-state index contributed by atoms with van der Waals surface area (Å²) in [4.78, 5) is 25.4. The first-order valence-electron chi connectivity index (χ1n) is 8.36. The zero-order valence-corrected chi connectivity index (χ0v) is 16.2. The van der Waals surface area contributed by atoms with Gasteiger partial charge in [0.05, 0.1) is 15.4 Å². The lowest BCUT2D eigenvalue weighted by molar-refractivity contribution is 0.0886. The Morgan fingerprint density at radius 1 is 1.27 bits per heavy atom. The molecule has 1 aromatic carbocycles. The molecule has 0 saturated heterocycles. The van der Waals surface area contributed by atoms with Gasteiger partial charge in [-0.3, -0.25) is 9.59 Å². The van der Waals surface area contributed by atoms with E-state index in [1.807, 2.05) is 20.8 Å². The van der Waals surface area contributed by atoms with Crippen LogP contribution in [0.5, 0.6) is 0 Å². The lowest BCUT2D eigenvalue weighted by Crippen LogP contribution is -2.54. The Hall–Kier alpha value is -2.25. The Morgan fingerprint density at radius 2 is 1.96 bits per heavy atom. The molecule has 0 aliphatic carbocycles. The summed E-state index contributed by atoms with van der Waals surface area (Å²) < 4.78 is 13.3. The van der Waals surface area contributed by atoms with Gasteiger partial charge >= 0.3 is 0 Å². The topological polar surface area (TPSA) is 84.2 Å². The van der Waals surface area contributed by atoms with E-state index in [9.17, 15) is 14.0 Å². The van der Waals surface area contributed by atoms with Crippen LogP contribution >= 0.6 is 11.3 Å². The molecule has 0 aliphatic rings. The Bertz CT molecular complexity index is 819. The van der Waals surface area contributed by atoms with Gasteiger partial charge in [0, 0.05) is 12.1 Å². The van der Waals surface area contributed by atoms with E-state index in [4.69, 9.17) is 5.73 Å². The maximum atomic E-state index is 13.3. The van der Waals surface area contributed by atoms with Crippen molar-refractivity contribution >= 4 is 28.2 Å². The van der Waals surface area contributed by atoms with Gasteiger partial charge in [-0.1, -0.05) is 19.9 Å². The maximum absolute atomic E-state index is 13.3. The monoisotopic (exact) mass is 377 g/mol. The van der Waals surface area contributed by atoms with Gasteiger partial charge in [-0.2, -0.15) is 0 Å². The molecule has 140 valence electrons. The molecular weight excluding hydrogens is 353 g/mol. The van der Waals surface area contributed by atoms with Crippen LogP contribution in [0.4, 0.5) is 9.39 Å². The van der Waals surface area contributed by atoms with Crippen molar-refractivity contribution < 1.29 is 14.0 Å². The van der Waals surface area contributed by atoms with Gasteiger partial charge in [0.15, 0.2) is 0 Å². The predicted molar refractivity (Wildman–Crippen MR) is 103 cm³/mol. The quantitative estimate of drug-likeness (QED) is 0.720. The highest BCUT2D eigenvalue weighted by Gasteiger charge is 2.30. The second kappa shape index (κ2) is 7.97. The minimum atomic E-state index is -0.515. The van der Waals surface area contributed by atoms with Crippen molar-refractivity contribution in [1.82, 2.24) is 5.32 Å². The number of hydrogen-bond donors (Lipinski definition) is 3. The van der Waals surface area contributed by atoms with E-state index >= 15 is 0 Å². The average Bonchev–Trinajstić information content (AvgIpc) is 2.94. The standard InChI is InChI=1S/C19H24FN3O2S/c1-11(2)19(4,10-21)23-18(25)16-12(3)8-15(26-16)22-17(24)13-6-5-7-14(20)9-13/h5-9,11H,10,21H2,1-4H3,(H,22,24)(H,23,25). The number of hydrogen-bond acceptors (Lipinski definition) is 4. The number of rotatable bonds is 6. The lowest BCUT2D eigenvalue weighted by Gasteiger charge is -2.33. The third-order valence-electron chi connectivity index (χ3n) is 4.54. The third kappa shape index (κ3) is 4.47. The normalized spacial score (nSPS) is 13.3. The molecule has 5 nitrogen and oxygen atoms in total. The van der Waals surface area contributed by atoms with Crippen LogP contribution in [0, 0.1) is 18.7 Å². The van der Waals surface area contributed by atoms with Crippen LogP contribution in [0.2, 0.25) is 0 Å². The van der Waals surface area contributed by atoms with Crippen molar-refractivity contribution in [3.8, 4) is 0 Å². The van der Waals surface area contributed by atoms with Gasteiger partial charge in [-0.15, -0.1) is 11.3 Å². The fourth-order valence-electron chi connectivity index (χ4n) is 2.33. The first-order valence-corrected chi connectivity index (χ1v) is 9.18. The summed E-state index contributed by atoms with van der Waals surface area (Å²) >= 11 is 1.18. The highest BCUT2D eigenvalue weighted by atomic mass is 32.1. The second-order valence-corrected chi connectivity index (χ2v) is 7.87. The summed E-state index contributed by atoms with van der Waals surface area (Å²) in [6.07, 6.45) is 0. The molecule has 1 heterocycles. The highest BCUT2D eigenvalue weighted by molar-refractivity contribution is 7.18. The zero-order chi connectivity index (χ0) is 19.5. The molecule has 0 radical (unpaired) electrons. The highest BCUT2D eigenvalue weighted by Crippen LogP contribution is 2.28. The molecule has 2 aromatic rings. The molecule has 0 saturated carbocycles. The van der Waals surface area contributed by atoms with E-state index in [1.54, 1.807) is 13.0 Å². The first-order chi connectivity index (χ1) is 12.2. The number of nitrogens with two attached hydrogens (primary N) is 1. The predicted octanol–water partition coefficient (Wildman–Crippen LogP) is 3.55. The van der Waals surface area contributed by atoms with Crippen LogP contribution in [0.1, 0.15) is 46.4 Å². The fourth-order valence-corrected chi connectivity index (χ4v) is 3.29. The molecule has 2 rings (SSSR count). The average molecular weight is 377 g/mol. The number of aryl methyl sites for hydroxylation is 1. The fraction of sp³-hybridized carbons (Fsp3) is 0.368. The Kier molecular flexibility index (Phi) is 6.15. The lowest BCUT2D eigenvalue weighted by atomic mass is 9.88. The number of amides is 2. The van der Waals surface area contributed by atoms with Crippen LogP contribution in [0.3, 0.4) is 0 Å². The van der Waals surface area contributed by atoms with Crippen LogP contribution in [0.15, 0.2) is 30.3 Å². The van der Waals surface area contributed by atoms with Crippen LogP contribution in [0.25, 0.3) is 0 Å². The van der Waals surface area contributed by atoms with E-state index in [1.165, 1.54) is 35.6 Å². The van der Waals surface area contributed by atoms with Gasteiger partial charge in [0.25, 0.3) is 11.8 Å². The number of carbonyl (C=O) groups excluding carboxylic acids is 2. The minimum Gasteiger partial charge on any atom is -0.345 e. The van der Waals surface area contributed by atoms with Crippen molar-refractivity contribution in [3.05, 3.63) is 52.2 Å². The Balaban J connectivity index is 2.16. The van der Waals surface area contributed by atoms with Gasteiger partial charge in [-0.25, -0.2) is 4.39 Å². The van der Waals surface area contributed by atoms with Crippen molar-refractivity contribution in [3.63, 3.8) is 0 Å². The molecule has 4 N–H and O–H groups in total. The summed E-state index contributed by atoms with van der Waals surface area (Å²) in [6.45, 7) is 8.03. The summed E-state index contributed by atoms with van der Waals surface area (Å²) in [5.74, 6) is -0.953. The molecule has 26 heavy (non-hydrogen) atoms. The number of thiophene rings is 1. The smallest absolute Gasteiger partial charge is 0.262 e. The van der Waals surface area contributed by atoms with Gasteiger partial charge in [-0.05, 0) is 49.6 Å². The molecule has 1 aromatic heterocycles. The SMILES string of the molecule is Cc1cc(NC(=O)c2cccc(F)c2)sc1C(=O)NC(C)(CN)C(C)C. The van der Waals surface area contributed by atoms with Crippen molar-refractivity contribution in [2.45, 2.75) is 33.2 Å². The molecule has 1 atom stereocenters. The Labute approximate surface area is 156 Å². The zero-order valence-electron chi connectivity index (χ0n) is 15.4. The van der Waals surface area contributed by atoms with Crippen LogP contribution in [-0.4, -0.2) is 23.9 Å². The molecule has 0 aliphatic heterocycles. The maximum Gasteiger partial charge on any atom is 0.262 e. The second-order valence-electron chi connectivity index (χ2n) is 6.82. The molecular formula is C19H24FN3O2S. The van der Waals surface area contributed by atoms with E-state index in [0.717, 1.165) is 5.56 Å². The third-order valence-corrected chi connectivity index (χ3v) is 5.70. The number of nitrogens with one attached hydrogen (secondary N) is 2. The molecule has 0 fully saturated rings. The van der Waals surface area contributed by atoms with Crippen LogP contribution < -0.4 is 16.4 Å². The van der Waals surface area contributed by atoms with E-state index in [-0.39, 0.29) is 17.4 Å². The van der Waals surface area contributed by atoms with Crippen molar-refractivity contribution in [2.24, 2.45) is 11.7 Å². The summed E-state index contributed by atoms with van der Waals surface area (Å²) in [5.41, 5.74) is 6.28. The summed E-state index contributed by atoms with van der Waals surface area (Å²) in [5, 5.41) is 6.23. The number of carbonyl (C=O) groups is 2. The number of halogens is 1. The summed E-state index contributed by atoms with van der Waals surface area (Å²) in [7, 11) is 0. The number of benzene rings is 1. The summed E-state index contributed by atoms with van der Waals surface area (Å²) in [6, 6.07) is 7.17. The molecule has 2 amide bonds. The van der Waals surface area contributed by atoms with Gasteiger partial charge < -0.3 is 16.4 Å². The van der Waals surface area contributed by atoms with E-state index in [0.29, 0.717) is 16.4 Å². The molecule has 1 unspecified atom stereocenters. The first kappa shape index (κ1) is 20.1. The van der Waals surface area contributed by atoms with Crippen molar-refractivity contribution in [1.29, 1.82) is 0 Å². The number of anilines is 1. The minimum absolute atomic E-state index is 0.170. The molecule has 7 heteroatoms. The van der Waals surface area contributed by atoms with Gasteiger partial charge in [0.1, 0.15) is 5.82 Å². The Morgan fingerprint density at radius 3 is 2.54 bits per heavy atom. The van der Waals surface area contributed by atoms with Crippen molar-refractivity contribution in [2.75, 3.05) is 11.9 Å². The largest absolute Gasteiger partial charge is 0.345 e. The van der Waals surface area contributed by atoms with Gasteiger partial charge in [0.2, 0.25) is 0 Å². The van der Waals surface area contributed by atoms with E-state index in [2.05, 4.69) is 10.6 Å².